The van der Waals surface area contributed by atoms with Crippen LogP contribution in [0, 0.1) is 0 Å². The normalized spacial score (nSPS) is 15.1. The smallest absolute Gasteiger partial charge is 0.493 e. The van der Waals surface area contributed by atoms with E-state index in [1.807, 2.05) is 0 Å². The summed E-state index contributed by atoms with van der Waals surface area (Å²) in [6, 6.07) is 6.88. The highest BCUT2D eigenvalue weighted by Crippen LogP contribution is 2.36. The summed E-state index contributed by atoms with van der Waals surface area (Å²) in [5, 5.41) is 2.49. The molecule has 0 radical (unpaired) electrons. The highest BCUT2D eigenvalue weighted by Gasteiger charge is 2.31. The van der Waals surface area contributed by atoms with Crippen molar-refractivity contribution in [2.24, 2.45) is 0 Å². The van der Waals surface area contributed by atoms with Crippen LogP contribution in [0.25, 0.3) is 0 Å². The fourth-order valence-corrected chi connectivity index (χ4v) is 4.58. The van der Waals surface area contributed by atoms with E-state index >= 15 is 0 Å². The van der Waals surface area contributed by atoms with Crippen LogP contribution >= 0.6 is 0 Å². The summed E-state index contributed by atoms with van der Waals surface area (Å²) in [6.07, 6.45) is -4.85. The summed E-state index contributed by atoms with van der Waals surface area (Å²) in [5.41, 5.74) is 0.0105. The number of rotatable bonds is 7. The van der Waals surface area contributed by atoms with E-state index in [-0.39, 0.29) is 53.9 Å². The van der Waals surface area contributed by atoms with Crippen molar-refractivity contribution in [1.29, 1.82) is 0 Å². The Kier molecular flexibility index (Phi) is 7.34. The van der Waals surface area contributed by atoms with Gasteiger partial charge in [0.15, 0.2) is 11.5 Å². The van der Waals surface area contributed by atoms with Crippen LogP contribution in [0.4, 0.5) is 18.9 Å². The molecule has 33 heavy (non-hydrogen) atoms. The number of hydrogen-bond acceptors (Lipinski definition) is 7. The molecule has 1 saturated heterocycles. The molecule has 0 saturated carbocycles. The topological polar surface area (TPSA) is 103 Å². The molecule has 0 aromatic heterocycles. The molecule has 0 atom stereocenters. The largest absolute Gasteiger partial charge is 0.573 e. The summed E-state index contributed by atoms with van der Waals surface area (Å²) < 4.78 is 83.8. The number of nitrogens with zero attached hydrogens (tertiary/aromatic N) is 1. The molecule has 13 heteroatoms. The zero-order valence-corrected chi connectivity index (χ0v) is 18.5. The lowest BCUT2D eigenvalue weighted by molar-refractivity contribution is -0.274. The van der Waals surface area contributed by atoms with Gasteiger partial charge in [0.2, 0.25) is 10.0 Å². The molecule has 1 aliphatic rings. The second-order valence-corrected chi connectivity index (χ2v) is 8.69. The highest BCUT2D eigenvalue weighted by molar-refractivity contribution is 7.89. The van der Waals surface area contributed by atoms with E-state index < -0.39 is 28.0 Å². The molecule has 1 N–H and O–H groups in total. The molecule has 1 fully saturated rings. The van der Waals surface area contributed by atoms with Crippen molar-refractivity contribution in [3.8, 4) is 17.2 Å². The van der Waals surface area contributed by atoms with Crippen molar-refractivity contribution in [3.63, 3.8) is 0 Å². The van der Waals surface area contributed by atoms with Crippen LogP contribution in [0.5, 0.6) is 17.2 Å². The Morgan fingerprint density at radius 3 is 2.24 bits per heavy atom. The lowest BCUT2D eigenvalue weighted by Crippen LogP contribution is -2.40. The number of sulfonamides is 1. The summed E-state index contributed by atoms with van der Waals surface area (Å²) >= 11 is 0. The lowest BCUT2D eigenvalue weighted by Gasteiger charge is -2.26. The van der Waals surface area contributed by atoms with E-state index in [1.165, 1.54) is 36.7 Å². The first-order chi connectivity index (χ1) is 15.5. The number of nitrogens with one attached hydrogen (secondary N) is 1. The number of carbonyl (C=O) groups excluding carboxylic acids is 1. The fourth-order valence-electron chi connectivity index (χ4n) is 3.13. The van der Waals surface area contributed by atoms with Gasteiger partial charge >= 0.3 is 6.36 Å². The van der Waals surface area contributed by atoms with Gasteiger partial charge in [-0.25, -0.2) is 8.42 Å². The molecule has 0 bridgehead atoms. The van der Waals surface area contributed by atoms with Crippen LogP contribution in [0.2, 0.25) is 0 Å². The second kappa shape index (κ2) is 9.85. The van der Waals surface area contributed by atoms with Crippen LogP contribution < -0.4 is 19.5 Å². The Morgan fingerprint density at radius 1 is 1.06 bits per heavy atom. The third-order valence-corrected chi connectivity index (χ3v) is 6.53. The molecule has 3 rings (SSSR count). The SMILES string of the molecule is COc1cc(S(=O)(=O)N2CCOCC2)cc(C(=O)Nc2ccc(OC(F)(F)F)cc2)c1OC. The second-order valence-electron chi connectivity index (χ2n) is 6.75. The summed E-state index contributed by atoms with van der Waals surface area (Å²) in [4.78, 5) is 12.8. The lowest BCUT2D eigenvalue weighted by atomic mass is 10.1. The van der Waals surface area contributed by atoms with Crippen LogP contribution in [0.15, 0.2) is 41.3 Å². The van der Waals surface area contributed by atoms with Gasteiger partial charge in [-0.2, -0.15) is 4.31 Å². The van der Waals surface area contributed by atoms with Gasteiger partial charge in [0.05, 0.1) is 37.9 Å². The monoisotopic (exact) mass is 490 g/mol. The number of ether oxygens (including phenoxy) is 4. The average Bonchev–Trinajstić information content (AvgIpc) is 2.78. The predicted molar refractivity (Wildman–Crippen MR) is 110 cm³/mol. The number of amides is 1. The number of anilines is 1. The van der Waals surface area contributed by atoms with Gasteiger partial charge in [0.1, 0.15) is 5.75 Å². The van der Waals surface area contributed by atoms with Crippen molar-refractivity contribution >= 4 is 21.6 Å². The number of benzene rings is 2. The summed E-state index contributed by atoms with van der Waals surface area (Å²) in [5.74, 6) is -1.20. The van der Waals surface area contributed by atoms with Gasteiger partial charge in [-0.05, 0) is 30.3 Å². The molecule has 2 aromatic carbocycles. The van der Waals surface area contributed by atoms with Gasteiger partial charge in [-0.3, -0.25) is 4.79 Å². The van der Waals surface area contributed by atoms with Gasteiger partial charge in [-0.1, -0.05) is 0 Å². The number of halogens is 3. The molecule has 1 amide bonds. The average molecular weight is 490 g/mol. The van der Waals surface area contributed by atoms with Gasteiger partial charge in [0, 0.05) is 24.8 Å². The van der Waals surface area contributed by atoms with Crippen molar-refractivity contribution in [1.82, 2.24) is 4.31 Å². The van der Waals surface area contributed by atoms with Crippen molar-refractivity contribution in [3.05, 3.63) is 42.0 Å². The van der Waals surface area contributed by atoms with E-state index in [0.29, 0.717) is 0 Å². The van der Waals surface area contributed by atoms with Gasteiger partial charge < -0.3 is 24.3 Å². The van der Waals surface area contributed by atoms with E-state index in [4.69, 9.17) is 14.2 Å². The van der Waals surface area contributed by atoms with E-state index in [9.17, 15) is 26.4 Å². The summed E-state index contributed by atoms with van der Waals surface area (Å²) in [6.45, 7) is 0.803. The molecule has 1 heterocycles. The number of carbonyl (C=O) groups is 1. The minimum Gasteiger partial charge on any atom is -0.493 e. The van der Waals surface area contributed by atoms with E-state index in [0.717, 1.165) is 18.2 Å². The molecular weight excluding hydrogens is 469 g/mol. The third kappa shape index (κ3) is 5.86. The minimum absolute atomic E-state index is 0.00653. The van der Waals surface area contributed by atoms with Gasteiger partial charge in [0.25, 0.3) is 5.91 Å². The number of morpholine rings is 1. The maximum Gasteiger partial charge on any atom is 0.573 e. The maximum atomic E-state index is 13.1. The molecule has 1 aliphatic heterocycles. The van der Waals surface area contributed by atoms with Crippen LogP contribution in [-0.4, -0.2) is 65.5 Å². The fraction of sp³-hybridized carbons (Fsp3) is 0.350. The van der Waals surface area contributed by atoms with Gasteiger partial charge in [-0.15, -0.1) is 13.2 Å². The third-order valence-electron chi connectivity index (χ3n) is 4.65. The Bertz CT molecular complexity index is 1100. The molecule has 180 valence electrons. The quantitative estimate of drug-likeness (QED) is 0.637. The molecule has 0 spiro atoms. The zero-order valence-electron chi connectivity index (χ0n) is 17.6. The molecule has 0 unspecified atom stereocenters. The molecule has 2 aromatic rings. The zero-order chi connectivity index (χ0) is 24.2. The molecule has 0 aliphatic carbocycles. The molecule has 9 nitrogen and oxygen atoms in total. The predicted octanol–water partition coefficient (Wildman–Crippen LogP) is 2.88. The summed E-state index contributed by atoms with van der Waals surface area (Å²) in [7, 11) is -1.38. The Hall–Kier alpha value is -3.03. The van der Waals surface area contributed by atoms with Crippen molar-refractivity contribution in [2.45, 2.75) is 11.3 Å². The Balaban J connectivity index is 1.92. The Labute approximate surface area is 188 Å². The van der Waals surface area contributed by atoms with Crippen molar-refractivity contribution < 1.29 is 45.3 Å². The standard InChI is InChI=1S/C20H21F3N2O7S/c1-29-17-12-15(33(27,28)25-7-9-31-10-8-25)11-16(18(17)30-2)19(26)24-13-3-5-14(6-4-13)32-20(21,22)23/h3-6,11-12H,7-10H2,1-2H3,(H,24,26). The minimum atomic E-state index is -4.85. The molecular formula is C20H21F3N2O7S. The van der Waals surface area contributed by atoms with Crippen LogP contribution in [0.1, 0.15) is 10.4 Å². The van der Waals surface area contributed by atoms with Crippen LogP contribution in [0.3, 0.4) is 0 Å². The van der Waals surface area contributed by atoms with Crippen molar-refractivity contribution in [2.75, 3.05) is 45.8 Å². The number of alkyl halides is 3. The number of methoxy groups -OCH3 is 2. The van der Waals surface area contributed by atoms with Crippen LogP contribution in [-0.2, 0) is 14.8 Å². The van der Waals surface area contributed by atoms with E-state index in [1.54, 1.807) is 0 Å². The highest BCUT2D eigenvalue weighted by atomic mass is 32.2. The first-order valence-electron chi connectivity index (χ1n) is 9.56. The van der Waals surface area contributed by atoms with E-state index in [2.05, 4.69) is 10.1 Å². The first-order valence-corrected chi connectivity index (χ1v) is 11.0. The Morgan fingerprint density at radius 2 is 1.70 bits per heavy atom. The number of hydrogen-bond donors (Lipinski definition) is 1. The first kappa shape index (κ1) is 24.6. The maximum absolute atomic E-state index is 13.1.